The van der Waals surface area contributed by atoms with Crippen molar-refractivity contribution in [1.29, 1.82) is 0 Å². The minimum absolute atomic E-state index is 0.706. The van der Waals surface area contributed by atoms with E-state index in [4.69, 9.17) is 11.5 Å². The number of para-hydroxylation sites is 1. The van der Waals surface area contributed by atoms with Gasteiger partial charge in [0.1, 0.15) is 0 Å². The zero-order chi connectivity index (χ0) is 10.4. The average Bonchev–Trinajstić information content (AvgIpc) is 2.19. The number of hydrogen-bond acceptors (Lipinski definition) is 2. The van der Waals surface area contributed by atoms with Crippen LogP contribution in [0, 0.1) is 0 Å². The predicted octanol–water partition coefficient (Wildman–Crippen LogP) is 2.97. The molecule has 1 aromatic rings. The molecule has 0 amide bonds. The van der Waals surface area contributed by atoms with Gasteiger partial charge in [0, 0.05) is 0 Å². The summed E-state index contributed by atoms with van der Waals surface area (Å²) in [6.45, 7) is 2.22. The Morgan fingerprint density at radius 3 is 2.57 bits per heavy atom. The highest BCUT2D eigenvalue weighted by Crippen LogP contribution is 2.21. The van der Waals surface area contributed by atoms with Crippen LogP contribution in [0.4, 0.5) is 11.4 Å². The fourth-order valence-corrected chi connectivity index (χ4v) is 1.59. The highest BCUT2D eigenvalue weighted by Gasteiger charge is 2.01. The van der Waals surface area contributed by atoms with E-state index in [0.29, 0.717) is 5.69 Å². The summed E-state index contributed by atoms with van der Waals surface area (Å²) in [6, 6.07) is 5.89. The molecule has 0 aromatic heterocycles. The maximum absolute atomic E-state index is 5.87. The summed E-state index contributed by atoms with van der Waals surface area (Å²) in [6.07, 6.45) is 6.12. The van der Waals surface area contributed by atoms with Gasteiger partial charge in [-0.05, 0) is 24.5 Å². The van der Waals surface area contributed by atoms with Gasteiger partial charge in [-0.2, -0.15) is 0 Å². The van der Waals surface area contributed by atoms with Gasteiger partial charge in [-0.1, -0.05) is 38.3 Å². The van der Waals surface area contributed by atoms with Gasteiger partial charge in [-0.15, -0.1) is 0 Å². The number of nitrogens with two attached hydrogens (primary N) is 2. The molecule has 0 aliphatic heterocycles. The van der Waals surface area contributed by atoms with E-state index in [1.807, 2.05) is 12.1 Å². The SMILES string of the molecule is CCCCCCc1cccc(N)c1N. The van der Waals surface area contributed by atoms with Crippen molar-refractivity contribution >= 4 is 11.4 Å². The third-order valence-corrected chi connectivity index (χ3v) is 2.53. The summed E-state index contributed by atoms with van der Waals surface area (Å²) in [7, 11) is 0. The van der Waals surface area contributed by atoms with Gasteiger partial charge < -0.3 is 11.5 Å². The molecule has 0 radical (unpaired) electrons. The van der Waals surface area contributed by atoms with Gasteiger partial charge in [0.2, 0.25) is 0 Å². The van der Waals surface area contributed by atoms with Crippen molar-refractivity contribution in [3.05, 3.63) is 23.8 Å². The first-order valence-electron chi connectivity index (χ1n) is 5.38. The van der Waals surface area contributed by atoms with Crippen molar-refractivity contribution in [1.82, 2.24) is 0 Å². The zero-order valence-corrected chi connectivity index (χ0v) is 8.92. The monoisotopic (exact) mass is 192 g/mol. The van der Waals surface area contributed by atoms with Crippen molar-refractivity contribution < 1.29 is 0 Å². The van der Waals surface area contributed by atoms with Crippen LogP contribution in [0.15, 0.2) is 18.2 Å². The predicted molar refractivity (Wildman–Crippen MR) is 63.1 cm³/mol. The van der Waals surface area contributed by atoms with E-state index >= 15 is 0 Å². The Bertz CT molecular complexity index is 282. The molecule has 14 heavy (non-hydrogen) atoms. The minimum Gasteiger partial charge on any atom is -0.397 e. The molecule has 0 saturated heterocycles. The summed E-state index contributed by atoms with van der Waals surface area (Å²) in [5.41, 5.74) is 14.3. The van der Waals surface area contributed by atoms with Gasteiger partial charge in [-0.3, -0.25) is 0 Å². The van der Waals surface area contributed by atoms with Crippen LogP contribution in [0.5, 0.6) is 0 Å². The van der Waals surface area contributed by atoms with Crippen LogP contribution < -0.4 is 11.5 Å². The Hall–Kier alpha value is -1.18. The fraction of sp³-hybridized carbons (Fsp3) is 0.500. The molecule has 0 spiro atoms. The van der Waals surface area contributed by atoms with Crippen LogP contribution in [-0.4, -0.2) is 0 Å². The van der Waals surface area contributed by atoms with E-state index < -0.39 is 0 Å². The number of rotatable bonds is 5. The average molecular weight is 192 g/mol. The standard InChI is InChI=1S/C12H20N2/c1-2-3-4-5-7-10-8-6-9-11(13)12(10)14/h6,8-9H,2-5,7,13-14H2,1H3. The van der Waals surface area contributed by atoms with Crippen molar-refractivity contribution in [2.24, 2.45) is 0 Å². The lowest BCUT2D eigenvalue weighted by molar-refractivity contribution is 0.667. The Kier molecular flexibility index (Phi) is 4.30. The largest absolute Gasteiger partial charge is 0.397 e. The van der Waals surface area contributed by atoms with Crippen molar-refractivity contribution in [3.8, 4) is 0 Å². The van der Waals surface area contributed by atoms with Gasteiger partial charge in [0.05, 0.1) is 11.4 Å². The van der Waals surface area contributed by atoms with E-state index in [0.717, 1.165) is 12.1 Å². The van der Waals surface area contributed by atoms with Gasteiger partial charge in [0.15, 0.2) is 0 Å². The number of hydrogen-bond donors (Lipinski definition) is 2. The van der Waals surface area contributed by atoms with Crippen LogP contribution in [0.3, 0.4) is 0 Å². The molecule has 0 saturated carbocycles. The molecule has 2 heteroatoms. The van der Waals surface area contributed by atoms with Crippen LogP contribution in [0.1, 0.15) is 38.2 Å². The first-order chi connectivity index (χ1) is 6.75. The maximum Gasteiger partial charge on any atom is 0.0580 e. The third kappa shape index (κ3) is 2.95. The summed E-state index contributed by atoms with van der Waals surface area (Å²) in [5.74, 6) is 0. The highest BCUT2D eigenvalue weighted by atomic mass is 14.7. The number of benzene rings is 1. The molecule has 2 nitrogen and oxygen atoms in total. The Labute approximate surface area is 86.3 Å². The molecule has 0 heterocycles. The normalized spacial score (nSPS) is 10.4. The molecule has 0 aliphatic carbocycles. The third-order valence-electron chi connectivity index (χ3n) is 2.53. The Morgan fingerprint density at radius 1 is 1.07 bits per heavy atom. The van der Waals surface area contributed by atoms with Crippen molar-refractivity contribution in [3.63, 3.8) is 0 Å². The van der Waals surface area contributed by atoms with Crippen molar-refractivity contribution in [2.75, 3.05) is 11.5 Å². The Morgan fingerprint density at radius 2 is 1.86 bits per heavy atom. The minimum atomic E-state index is 0.706. The van der Waals surface area contributed by atoms with Crippen molar-refractivity contribution in [2.45, 2.75) is 39.0 Å². The van der Waals surface area contributed by atoms with Gasteiger partial charge in [-0.25, -0.2) is 0 Å². The lowest BCUT2D eigenvalue weighted by atomic mass is 10.0. The second kappa shape index (κ2) is 5.53. The zero-order valence-electron chi connectivity index (χ0n) is 8.92. The number of aryl methyl sites for hydroxylation is 1. The van der Waals surface area contributed by atoms with Crippen LogP contribution in [0.25, 0.3) is 0 Å². The quantitative estimate of drug-likeness (QED) is 0.556. The lowest BCUT2D eigenvalue weighted by Gasteiger charge is -2.07. The number of unbranched alkanes of at least 4 members (excludes halogenated alkanes) is 3. The molecular formula is C12H20N2. The molecule has 0 aliphatic rings. The number of anilines is 2. The topological polar surface area (TPSA) is 52.0 Å². The molecule has 4 N–H and O–H groups in total. The molecular weight excluding hydrogens is 172 g/mol. The molecule has 0 bridgehead atoms. The molecule has 78 valence electrons. The summed E-state index contributed by atoms with van der Waals surface area (Å²) in [5, 5.41) is 0. The molecule has 0 unspecified atom stereocenters. The molecule has 1 rings (SSSR count). The first kappa shape index (κ1) is 10.9. The maximum atomic E-state index is 5.87. The highest BCUT2D eigenvalue weighted by molar-refractivity contribution is 5.67. The second-order valence-corrected chi connectivity index (χ2v) is 3.73. The number of nitrogen functional groups attached to an aromatic ring is 2. The van der Waals surface area contributed by atoms with E-state index in [9.17, 15) is 0 Å². The first-order valence-corrected chi connectivity index (χ1v) is 5.38. The van der Waals surface area contributed by atoms with Gasteiger partial charge >= 0.3 is 0 Å². The van der Waals surface area contributed by atoms with Gasteiger partial charge in [0.25, 0.3) is 0 Å². The smallest absolute Gasteiger partial charge is 0.0580 e. The van der Waals surface area contributed by atoms with Crippen LogP contribution in [-0.2, 0) is 6.42 Å². The second-order valence-electron chi connectivity index (χ2n) is 3.73. The molecule has 0 atom stereocenters. The van der Waals surface area contributed by atoms with E-state index in [1.54, 1.807) is 0 Å². The van der Waals surface area contributed by atoms with Crippen LogP contribution >= 0.6 is 0 Å². The van der Waals surface area contributed by atoms with E-state index in [2.05, 4.69) is 13.0 Å². The molecule has 1 aromatic carbocycles. The van der Waals surface area contributed by atoms with E-state index in [-0.39, 0.29) is 0 Å². The lowest BCUT2D eigenvalue weighted by Crippen LogP contribution is -1.99. The summed E-state index contributed by atoms with van der Waals surface area (Å²) < 4.78 is 0. The summed E-state index contributed by atoms with van der Waals surface area (Å²) in [4.78, 5) is 0. The molecule has 0 fully saturated rings. The van der Waals surface area contributed by atoms with E-state index in [1.165, 1.54) is 31.2 Å². The van der Waals surface area contributed by atoms with Crippen LogP contribution in [0.2, 0.25) is 0 Å². The Balaban J connectivity index is 2.46. The fourth-order valence-electron chi connectivity index (χ4n) is 1.59. The summed E-state index contributed by atoms with van der Waals surface area (Å²) >= 11 is 0.